The van der Waals surface area contributed by atoms with Gasteiger partial charge in [-0.15, -0.1) is 0 Å². The zero-order chi connectivity index (χ0) is 12.3. The van der Waals surface area contributed by atoms with Crippen molar-refractivity contribution in [1.29, 1.82) is 5.26 Å². The van der Waals surface area contributed by atoms with Gasteiger partial charge in [-0.25, -0.2) is 0 Å². The number of rotatable bonds is 3. The second-order valence-corrected chi connectivity index (χ2v) is 6.83. The maximum atomic E-state index is 12.0. The van der Waals surface area contributed by atoms with Gasteiger partial charge in [0.15, 0.2) is 5.78 Å². The first-order valence-electron chi connectivity index (χ1n) is 4.73. The molecule has 0 amide bonds. The van der Waals surface area contributed by atoms with E-state index in [1.165, 1.54) is 0 Å². The number of nitriles is 1. The van der Waals surface area contributed by atoms with E-state index in [-0.39, 0.29) is 10.6 Å². The van der Waals surface area contributed by atoms with E-state index in [0.29, 0.717) is 5.56 Å². The van der Waals surface area contributed by atoms with E-state index in [1.807, 2.05) is 19.9 Å². The van der Waals surface area contributed by atoms with Gasteiger partial charge in [0.2, 0.25) is 0 Å². The van der Waals surface area contributed by atoms with Crippen LogP contribution in [0.3, 0.4) is 0 Å². The predicted molar refractivity (Wildman–Crippen MR) is 70.8 cm³/mol. The molecule has 0 bridgehead atoms. The molecule has 0 aliphatic heterocycles. The molecule has 4 heteroatoms. The fourth-order valence-electron chi connectivity index (χ4n) is 1.18. The van der Waals surface area contributed by atoms with Gasteiger partial charge in [0.1, 0.15) is 0 Å². The average molecular weight is 345 g/mol. The molecule has 0 aliphatic carbocycles. The predicted octanol–water partition coefficient (Wildman–Crippen LogP) is 3.74. The number of halogens is 2. The Labute approximate surface area is 112 Å². The van der Waals surface area contributed by atoms with Crippen LogP contribution in [-0.2, 0) is 4.79 Å². The molecule has 0 aromatic heterocycles. The Morgan fingerprint density at radius 3 is 2.25 bits per heavy atom. The lowest BCUT2D eigenvalue weighted by Crippen LogP contribution is -2.27. The summed E-state index contributed by atoms with van der Waals surface area (Å²) >= 11 is 6.71. The van der Waals surface area contributed by atoms with Crippen molar-refractivity contribution < 1.29 is 4.79 Å². The summed E-state index contributed by atoms with van der Waals surface area (Å²) in [5.74, 6) is 0.0530. The Morgan fingerprint density at radius 1 is 1.38 bits per heavy atom. The highest BCUT2D eigenvalue weighted by Crippen LogP contribution is 2.32. The van der Waals surface area contributed by atoms with E-state index >= 15 is 0 Å². The van der Waals surface area contributed by atoms with Crippen LogP contribution >= 0.6 is 31.9 Å². The monoisotopic (exact) mass is 343 g/mol. The first kappa shape index (κ1) is 13.4. The van der Waals surface area contributed by atoms with Gasteiger partial charge in [0, 0.05) is 0 Å². The molecule has 0 radical (unpaired) electrons. The number of carbonyl (C=O) groups excluding carboxylic acids is 1. The van der Waals surface area contributed by atoms with Crippen molar-refractivity contribution in [2.24, 2.45) is 0 Å². The Hall–Kier alpha value is -0.660. The smallest absolute Gasteiger partial charge is 0.166 e. The van der Waals surface area contributed by atoms with Gasteiger partial charge in [-0.2, -0.15) is 5.26 Å². The van der Waals surface area contributed by atoms with Crippen LogP contribution in [0.15, 0.2) is 24.3 Å². The van der Waals surface area contributed by atoms with E-state index in [1.54, 1.807) is 24.3 Å². The number of hydrogen-bond donors (Lipinski definition) is 0. The lowest BCUT2D eigenvalue weighted by atomic mass is 10.00. The van der Waals surface area contributed by atoms with Crippen molar-refractivity contribution in [2.45, 2.75) is 23.0 Å². The minimum atomic E-state index is -0.560. The van der Waals surface area contributed by atoms with Gasteiger partial charge < -0.3 is 0 Å². The first-order valence-corrected chi connectivity index (χ1v) is 6.44. The van der Waals surface area contributed by atoms with Gasteiger partial charge in [0.05, 0.1) is 20.8 Å². The Morgan fingerprint density at radius 2 is 1.88 bits per heavy atom. The van der Waals surface area contributed by atoms with Gasteiger partial charge in [-0.1, -0.05) is 44.0 Å². The second kappa shape index (κ2) is 5.11. The molecule has 2 nitrogen and oxygen atoms in total. The van der Waals surface area contributed by atoms with Crippen molar-refractivity contribution in [1.82, 2.24) is 0 Å². The molecule has 1 aromatic carbocycles. The summed E-state index contributed by atoms with van der Waals surface area (Å²) in [5.41, 5.74) is 1.45. The molecule has 0 heterocycles. The van der Waals surface area contributed by atoms with Crippen molar-refractivity contribution in [3.8, 4) is 6.07 Å². The molecule has 1 aromatic rings. The highest BCUT2D eigenvalue weighted by molar-refractivity contribution is 9.10. The van der Waals surface area contributed by atoms with Crippen LogP contribution in [0.5, 0.6) is 0 Å². The van der Waals surface area contributed by atoms with Crippen LogP contribution in [0.1, 0.15) is 29.8 Å². The lowest BCUT2D eigenvalue weighted by molar-refractivity contribution is -0.119. The summed E-state index contributed by atoms with van der Waals surface area (Å²) in [4.78, 5) is 11.6. The molecular weight excluding hydrogens is 334 g/mol. The molecule has 0 fully saturated rings. The summed E-state index contributed by atoms with van der Waals surface area (Å²) in [6.07, 6.45) is 0. The number of nitrogens with zero attached hydrogens (tertiary/aromatic N) is 1. The fraction of sp³-hybridized carbons (Fsp3) is 0.333. The third-order valence-electron chi connectivity index (χ3n) is 2.15. The van der Waals surface area contributed by atoms with Crippen molar-refractivity contribution >= 4 is 37.6 Å². The number of carbonyl (C=O) groups is 1. The molecule has 1 unspecified atom stereocenters. The Balaban J connectivity index is 2.94. The van der Waals surface area contributed by atoms with Crippen LogP contribution < -0.4 is 0 Å². The zero-order valence-electron chi connectivity index (χ0n) is 9.00. The Bertz CT molecular complexity index is 426. The highest BCUT2D eigenvalue weighted by atomic mass is 79.9. The summed E-state index contributed by atoms with van der Waals surface area (Å²) in [7, 11) is 0. The molecule has 1 atom stereocenters. The standard InChI is InChI=1S/C12H11Br2NO/c1-12(2,14)11(16)10(13)9-5-3-8(7-15)4-6-9/h3-6,10H,1-2H3. The molecule has 0 N–H and O–H groups in total. The molecule has 0 aliphatic rings. The van der Waals surface area contributed by atoms with Crippen LogP contribution in [0.2, 0.25) is 0 Å². The zero-order valence-corrected chi connectivity index (χ0v) is 12.2. The van der Waals surface area contributed by atoms with Gasteiger partial charge >= 0.3 is 0 Å². The van der Waals surface area contributed by atoms with E-state index < -0.39 is 4.32 Å². The molecule has 0 saturated heterocycles. The maximum Gasteiger partial charge on any atom is 0.166 e. The van der Waals surface area contributed by atoms with Crippen LogP contribution in [0.25, 0.3) is 0 Å². The summed E-state index contributed by atoms with van der Waals surface area (Å²) in [6, 6.07) is 9.03. The third-order valence-corrected chi connectivity index (χ3v) is 3.48. The van der Waals surface area contributed by atoms with E-state index in [0.717, 1.165) is 5.56 Å². The quantitative estimate of drug-likeness (QED) is 0.784. The molecule has 84 valence electrons. The van der Waals surface area contributed by atoms with Crippen LogP contribution in [0.4, 0.5) is 0 Å². The minimum absolute atomic E-state index is 0.0530. The van der Waals surface area contributed by atoms with Gasteiger partial charge in [0.25, 0.3) is 0 Å². The van der Waals surface area contributed by atoms with E-state index in [9.17, 15) is 4.79 Å². The molecule has 16 heavy (non-hydrogen) atoms. The average Bonchev–Trinajstić information content (AvgIpc) is 2.26. The van der Waals surface area contributed by atoms with Crippen molar-refractivity contribution in [3.05, 3.63) is 35.4 Å². The molecule has 0 saturated carbocycles. The highest BCUT2D eigenvalue weighted by Gasteiger charge is 2.30. The van der Waals surface area contributed by atoms with E-state index in [4.69, 9.17) is 5.26 Å². The van der Waals surface area contributed by atoms with E-state index in [2.05, 4.69) is 31.9 Å². The van der Waals surface area contributed by atoms with Crippen LogP contribution in [0, 0.1) is 11.3 Å². The SMILES string of the molecule is CC(C)(Br)C(=O)C(Br)c1ccc(C#N)cc1. The summed E-state index contributed by atoms with van der Waals surface area (Å²) in [5, 5.41) is 8.67. The van der Waals surface area contributed by atoms with Crippen molar-refractivity contribution in [3.63, 3.8) is 0 Å². The summed E-state index contributed by atoms with van der Waals surface area (Å²) < 4.78 is -0.560. The number of ketones is 1. The molecular formula is C12H11Br2NO. The fourth-order valence-corrected chi connectivity index (χ4v) is 2.59. The number of alkyl halides is 2. The molecule has 0 spiro atoms. The maximum absolute atomic E-state index is 12.0. The number of Topliss-reactive ketones (excluding diaryl/α,β-unsaturated/α-hetero) is 1. The second-order valence-electron chi connectivity index (χ2n) is 3.93. The van der Waals surface area contributed by atoms with Crippen LogP contribution in [-0.4, -0.2) is 10.1 Å². The largest absolute Gasteiger partial charge is 0.296 e. The third kappa shape index (κ3) is 3.16. The lowest BCUT2D eigenvalue weighted by Gasteiger charge is -2.19. The van der Waals surface area contributed by atoms with Gasteiger partial charge in [-0.05, 0) is 31.5 Å². The minimum Gasteiger partial charge on any atom is -0.296 e. The van der Waals surface area contributed by atoms with Crippen molar-refractivity contribution in [2.75, 3.05) is 0 Å². The number of hydrogen-bond acceptors (Lipinski definition) is 2. The topological polar surface area (TPSA) is 40.9 Å². The number of benzene rings is 1. The summed E-state index contributed by atoms with van der Waals surface area (Å²) in [6.45, 7) is 3.63. The molecule has 1 rings (SSSR count). The Kier molecular flexibility index (Phi) is 4.28. The first-order chi connectivity index (χ1) is 7.36. The normalized spacial score (nSPS) is 12.9. The van der Waals surface area contributed by atoms with Gasteiger partial charge in [-0.3, -0.25) is 4.79 Å².